The number of amides is 1. The minimum absolute atomic E-state index is 0.175. The first-order chi connectivity index (χ1) is 15.4. The largest absolute Gasteiger partial charge is 0.437 e. The lowest BCUT2D eigenvalue weighted by Gasteiger charge is -2.41. The predicted molar refractivity (Wildman–Crippen MR) is 119 cm³/mol. The molecule has 3 unspecified atom stereocenters. The molecule has 1 N–H and O–H groups in total. The molecule has 0 spiro atoms. The number of carbonyl (C=O) groups is 1. The number of nitrogens with zero attached hydrogens (tertiary/aromatic N) is 1. The van der Waals surface area contributed by atoms with Gasteiger partial charge in [-0.2, -0.15) is 13.2 Å². The van der Waals surface area contributed by atoms with E-state index >= 15 is 0 Å². The number of likely N-dealkylation sites (tertiary alicyclic amines) is 1. The monoisotopic (exact) mass is 484 g/mol. The van der Waals surface area contributed by atoms with Gasteiger partial charge in [0.15, 0.2) is 6.10 Å². The molecule has 0 aromatic heterocycles. The smallest absolute Gasteiger partial charge is 0.425 e. The van der Waals surface area contributed by atoms with Crippen molar-refractivity contribution in [3.63, 3.8) is 0 Å². The van der Waals surface area contributed by atoms with Crippen LogP contribution in [0.25, 0.3) is 11.1 Å². The van der Waals surface area contributed by atoms with Gasteiger partial charge in [0, 0.05) is 12.6 Å². The highest BCUT2D eigenvalue weighted by molar-refractivity contribution is 7.88. The van der Waals surface area contributed by atoms with E-state index in [0.29, 0.717) is 12.8 Å². The summed E-state index contributed by atoms with van der Waals surface area (Å²) in [5, 5.41) is 0. The second kappa shape index (κ2) is 10.1. The number of piperidine rings is 1. The number of ether oxygens (including phenoxy) is 1. The van der Waals surface area contributed by atoms with Crippen molar-refractivity contribution in [2.45, 2.75) is 50.6 Å². The van der Waals surface area contributed by atoms with E-state index < -0.39 is 40.5 Å². The average molecular weight is 485 g/mol. The van der Waals surface area contributed by atoms with Crippen LogP contribution in [0.2, 0.25) is 0 Å². The Hall–Kier alpha value is -2.59. The third-order valence-electron chi connectivity index (χ3n) is 5.60. The second-order valence-corrected chi connectivity index (χ2v) is 10.0. The molecule has 1 aliphatic heterocycles. The molecule has 0 bridgehead atoms. The van der Waals surface area contributed by atoms with Crippen LogP contribution in [0.4, 0.5) is 18.0 Å². The molecular weight excluding hydrogens is 457 g/mol. The van der Waals surface area contributed by atoms with Crippen LogP contribution in [-0.2, 0) is 21.2 Å². The van der Waals surface area contributed by atoms with E-state index in [-0.39, 0.29) is 13.0 Å². The highest BCUT2D eigenvalue weighted by Gasteiger charge is 2.42. The first-order valence-electron chi connectivity index (χ1n) is 10.6. The molecule has 1 amide bonds. The average Bonchev–Trinajstić information content (AvgIpc) is 2.74. The lowest BCUT2D eigenvalue weighted by atomic mass is 9.90. The summed E-state index contributed by atoms with van der Waals surface area (Å²) in [5.74, 6) is 0. The van der Waals surface area contributed by atoms with Crippen molar-refractivity contribution in [2.24, 2.45) is 0 Å². The minimum atomic E-state index is -4.69. The van der Waals surface area contributed by atoms with Crippen molar-refractivity contribution in [3.05, 3.63) is 60.2 Å². The summed E-state index contributed by atoms with van der Waals surface area (Å²) >= 11 is 0. The molecule has 3 rings (SSSR count). The summed E-state index contributed by atoms with van der Waals surface area (Å²) in [7, 11) is -3.60. The Balaban J connectivity index is 1.89. The van der Waals surface area contributed by atoms with Crippen molar-refractivity contribution in [2.75, 3.05) is 12.8 Å². The number of benzene rings is 2. The molecule has 0 aliphatic carbocycles. The third-order valence-corrected chi connectivity index (χ3v) is 6.33. The molecule has 33 heavy (non-hydrogen) atoms. The second-order valence-electron chi connectivity index (χ2n) is 8.24. The summed E-state index contributed by atoms with van der Waals surface area (Å²) in [4.78, 5) is 13.9. The van der Waals surface area contributed by atoms with Gasteiger partial charge in [0.05, 0.1) is 12.3 Å². The van der Waals surface area contributed by atoms with E-state index in [2.05, 4.69) is 9.46 Å². The quantitative estimate of drug-likeness (QED) is 0.661. The van der Waals surface area contributed by atoms with Crippen LogP contribution < -0.4 is 4.72 Å². The van der Waals surface area contributed by atoms with Gasteiger partial charge in [0.25, 0.3) is 0 Å². The predicted octanol–water partition coefficient (Wildman–Crippen LogP) is 4.37. The number of sulfonamides is 1. The van der Waals surface area contributed by atoms with Gasteiger partial charge in [-0.15, -0.1) is 0 Å². The lowest BCUT2D eigenvalue weighted by molar-refractivity contribution is -0.200. The van der Waals surface area contributed by atoms with Crippen LogP contribution >= 0.6 is 0 Å². The standard InChI is InChI=1S/C23H27F3N2O4S/c1-16(23(24,25)26)32-22(29)28-13-7-12-20(27-33(2,30)31)21(28)15-17-8-6-11-19(14-17)18-9-4-3-5-10-18/h3-6,8-11,14,16,20-21,27H,7,12-13,15H2,1-2H3. The van der Waals surface area contributed by atoms with Crippen LogP contribution in [0.1, 0.15) is 25.3 Å². The van der Waals surface area contributed by atoms with E-state index in [1.807, 2.05) is 54.6 Å². The van der Waals surface area contributed by atoms with Crippen molar-refractivity contribution in [1.29, 1.82) is 0 Å². The maximum atomic E-state index is 12.9. The van der Waals surface area contributed by atoms with Crippen molar-refractivity contribution in [3.8, 4) is 11.1 Å². The first-order valence-corrected chi connectivity index (χ1v) is 12.5. The molecule has 10 heteroatoms. The first kappa shape index (κ1) is 25.0. The van der Waals surface area contributed by atoms with E-state index in [9.17, 15) is 26.4 Å². The molecular formula is C23H27F3N2O4S. The van der Waals surface area contributed by atoms with Gasteiger partial charge in [0.2, 0.25) is 10.0 Å². The third kappa shape index (κ3) is 6.94. The Bertz CT molecular complexity index is 1060. The molecule has 180 valence electrons. The summed E-state index contributed by atoms with van der Waals surface area (Å²) in [5.41, 5.74) is 2.76. The normalized spacial score (nSPS) is 20.3. The van der Waals surface area contributed by atoms with Crippen molar-refractivity contribution >= 4 is 16.1 Å². The molecule has 0 saturated carbocycles. The Kier molecular flexibility index (Phi) is 7.69. The van der Waals surface area contributed by atoms with E-state index in [1.165, 1.54) is 4.90 Å². The Morgan fingerprint density at radius 3 is 2.45 bits per heavy atom. The number of halogens is 3. The number of hydrogen-bond donors (Lipinski definition) is 1. The van der Waals surface area contributed by atoms with Gasteiger partial charge >= 0.3 is 12.3 Å². The van der Waals surface area contributed by atoms with Crippen LogP contribution in [0.15, 0.2) is 54.6 Å². The van der Waals surface area contributed by atoms with Crippen LogP contribution in [0.5, 0.6) is 0 Å². The Morgan fingerprint density at radius 1 is 1.15 bits per heavy atom. The van der Waals surface area contributed by atoms with Gasteiger partial charge in [-0.25, -0.2) is 17.9 Å². The zero-order chi connectivity index (χ0) is 24.2. The molecule has 1 saturated heterocycles. The van der Waals surface area contributed by atoms with Crippen molar-refractivity contribution < 1.29 is 31.1 Å². The Labute approximate surface area is 191 Å². The fourth-order valence-corrected chi connectivity index (χ4v) is 4.81. The van der Waals surface area contributed by atoms with Gasteiger partial charge in [0.1, 0.15) is 0 Å². The van der Waals surface area contributed by atoms with Gasteiger partial charge in [-0.05, 0) is 42.9 Å². The van der Waals surface area contributed by atoms with Crippen LogP contribution in [0.3, 0.4) is 0 Å². The zero-order valence-electron chi connectivity index (χ0n) is 18.4. The number of alkyl halides is 3. The molecule has 2 aromatic carbocycles. The molecule has 6 nitrogen and oxygen atoms in total. The van der Waals surface area contributed by atoms with Crippen LogP contribution in [0, 0.1) is 0 Å². The topological polar surface area (TPSA) is 75.7 Å². The van der Waals surface area contributed by atoms with Gasteiger partial charge in [-0.1, -0.05) is 54.6 Å². The summed E-state index contributed by atoms with van der Waals surface area (Å²) in [6.45, 7) is 0.945. The Morgan fingerprint density at radius 2 is 1.82 bits per heavy atom. The summed E-state index contributed by atoms with van der Waals surface area (Å²) in [6.07, 6.45) is -5.90. The highest BCUT2D eigenvalue weighted by atomic mass is 32.2. The van der Waals surface area contributed by atoms with E-state index in [0.717, 1.165) is 29.9 Å². The minimum Gasteiger partial charge on any atom is -0.437 e. The van der Waals surface area contributed by atoms with E-state index in [1.54, 1.807) is 0 Å². The maximum absolute atomic E-state index is 12.9. The molecule has 1 fully saturated rings. The molecule has 3 atom stereocenters. The number of hydrogen-bond acceptors (Lipinski definition) is 4. The fraction of sp³-hybridized carbons (Fsp3) is 0.435. The molecule has 1 aliphatic rings. The van der Waals surface area contributed by atoms with E-state index in [4.69, 9.17) is 0 Å². The molecule has 2 aromatic rings. The molecule has 0 radical (unpaired) electrons. The number of nitrogens with one attached hydrogen (secondary N) is 1. The fourth-order valence-electron chi connectivity index (χ4n) is 3.98. The number of carbonyl (C=O) groups excluding carboxylic acids is 1. The summed E-state index contributed by atoms with van der Waals surface area (Å²) < 4.78 is 69.9. The van der Waals surface area contributed by atoms with Gasteiger partial charge < -0.3 is 9.64 Å². The maximum Gasteiger partial charge on any atom is 0.425 e. The van der Waals surface area contributed by atoms with Gasteiger partial charge in [-0.3, -0.25) is 0 Å². The number of rotatable bonds is 6. The van der Waals surface area contributed by atoms with Crippen LogP contribution in [-0.4, -0.2) is 56.6 Å². The lowest BCUT2D eigenvalue weighted by Crippen LogP contribution is -2.58. The highest BCUT2D eigenvalue weighted by Crippen LogP contribution is 2.28. The van der Waals surface area contributed by atoms with Crippen molar-refractivity contribution in [1.82, 2.24) is 9.62 Å². The molecule has 1 heterocycles. The zero-order valence-corrected chi connectivity index (χ0v) is 19.2. The summed E-state index contributed by atoms with van der Waals surface area (Å²) in [6, 6.07) is 15.9. The SMILES string of the molecule is CC(OC(=O)N1CCCC(NS(C)(=O)=O)C1Cc1cccc(-c2ccccc2)c1)C(F)(F)F.